The maximum absolute atomic E-state index is 11.4. The molecule has 0 unspecified atom stereocenters. The Balaban J connectivity index is 2.66. The maximum atomic E-state index is 11.4. The van der Waals surface area contributed by atoms with Crippen molar-refractivity contribution >= 4 is 31.9 Å². The molecule has 2 aromatic rings. The molecule has 1 aromatic heterocycles. The molecule has 0 saturated heterocycles. The molecule has 2 rings (SSSR count). The summed E-state index contributed by atoms with van der Waals surface area (Å²) in [5.74, 6) is 0. The Morgan fingerprint density at radius 2 is 2.07 bits per heavy atom. The Hall–Kier alpha value is -0.810. The van der Waals surface area contributed by atoms with E-state index in [1.807, 2.05) is 24.3 Å². The molecule has 0 saturated carbocycles. The van der Waals surface area contributed by atoms with Crippen molar-refractivity contribution in [1.82, 2.24) is 9.55 Å². The Morgan fingerprint density at radius 3 is 2.64 bits per heavy atom. The van der Waals surface area contributed by atoms with Crippen LogP contribution in [0.2, 0.25) is 0 Å². The number of rotatable bonds is 1. The summed E-state index contributed by atoms with van der Waals surface area (Å²) in [6.07, 6.45) is 1.61. The largest absolute Gasteiger partial charge is 0.331 e. The van der Waals surface area contributed by atoms with E-state index in [-0.39, 0.29) is 5.69 Å². The first-order chi connectivity index (χ1) is 6.68. The quantitative estimate of drug-likeness (QED) is 0.862. The lowest BCUT2D eigenvalue weighted by Crippen LogP contribution is -2.14. The number of aromatic amines is 1. The molecule has 0 radical (unpaired) electrons. The third-order valence-corrected chi connectivity index (χ3v) is 2.87. The molecule has 3 nitrogen and oxygen atoms in total. The van der Waals surface area contributed by atoms with Gasteiger partial charge >= 0.3 is 5.69 Å². The molecule has 72 valence electrons. The van der Waals surface area contributed by atoms with Gasteiger partial charge in [-0.2, -0.15) is 0 Å². The van der Waals surface area contributed by atoms with Gasteiger partial charge in [0.2, 0.25) is 0 Å². The van der Waals surface area contributed by atoms with Crippen LogP contribution in [0.15, 0.2) is 44.3 Å². The predicted octanol–water partition coefficient (Wildman–Crippen LogP) is 2.69. The first-order valence-corrected chi connectivity index (χ1v) is 5.49. The third kappa shape index (κ3) is 1.69. The lowest BCUT2D eigenvalue weighted by atomic mass is 10.3. The Morgan fingerprint density at radius 1 is 1.29 bits per heavy atom. The number of benzene rings is 1. The highest BCUT2D eigenvalue weighted by atomic mass is 79.9. The Labute approximate surface area is 97.0 Å². The first kappa shape index (κ1) is 9.73. The van der Waals surface area contributed by atoms with E-state index in [9.17, 15) is 4.79 Å². The fourth-order valence-corrected chi connectivity index (χ4v) is 2.07. The van der Waals surface area contributed by atoms with E-state index in [0.717, 1.165) is 10.2 Å². The van der Waals surface area contributed by atoms with E-state index in [4.69, 9.17) is 0 Å². The molecule has 0 aliphatic carbocycles. The van der Waals surface area contributed by atoms with Crippen molar-refractivity contribution in [2.45, 2.75) is 0 Å². The molecular weight excluding hydrogens is 312 g/mol. The molecule has 1 heterocycles. The molecule has 5 heteroatoms. The number of hydrogen-bond acceptors (Lipinski definition) is 1. The lowest BCUT2D eigenvalue weighted by molar-refractivity contribution is 0.967. The van der Waals surface area contributed by atoms with Crippen molar-refractivity contribution in [3.05, 3.63) is 50.0 Å². The fraction of sp³-hybridized carbons (Fsp3) is 0. The summed E-state index contributed by atoms with van der Waals surface area (Å²) < 4.78 is 3.20. The Bertz CT molecular complexity index is 516. The minimum Gasteiger partial charge on any atom is -0.311 e. The molecule has 14 heavy (non-hydrogen) atoms. The molecule has 0 bridgehead atoms. The van der Waals surface area contributed by atoms with Crippen LogP contribution in [0.25, 0.3) is 5.69 Å². The minimum atomic E-state index is -0.157. The van der Waals surface area contributed by atoms with Crippen LogP contribution in [0, 0.1) is 0 Å². The molecule has 0 fully saturated rings. The van der Waals surface area contributed by atoms with Gasteiger partial charge in [-0.3, -0.25) is 4.57 Å². The van der Waals surface area contributed by atoms with E-state index in [1.54, 1.807) is 10.8 Å². The van der Waals surface area contributed by atoms with Crippen LogP contribution in [-0.4, -0.2) is 9.55 Å². The highest BCUT2D eigenvalue weighted by Gasteiger charge is 2.05. The normalized spacial score (nSPS) is 10.4. The number of H-pyrrole nitrogens is 1. The fourth-order valence-electron chi connectivity index (χ4n) is 1.20. The number of aromatic nitrogens is 2. The van der Waals surface area contributed by atoms with E-state index in [2.05, 4.69) is 36.8 Å². The first-order valence-electron chi connectivity index (χ1n) is 3.90. The van der Waals surface area contributed by atoms with Gasteiger partial charge in [0, 0.05) is 10.7 Å². The molecule has 0 aliphatic rings. The summed E-state index contributed by atoms with van der Waals surface area (Å²) in [4.78, 5) is 14.0. The number of nitrogens with one attached hydrogen (secondary N) is 1. The van der Waals surface area contributed by atoms with Gasteiger partial charge in [-0.1, -0.05) is 22.0 Å². The van der Waals surface area contributed by atoms with Gasteiger partial charge in [0.25, 0.3) is 0 Å². The zero-order valence-corrected chi connectivity index (χ0v) is 10.2. The van der Waals surface area contributed by atoms with Crippen molar-refractivity contribution in [1.29, 1.82) is 0 Å². The number of nitrogens with zero attached hydrogens (tertiary/aromatic N) is 1. The van der Waals surface area contributed by atoms with Gasteiger partial charge in [0.1, 0.15) is 4.60 Å². The molecule has 0 amide bonds. The average Bonchev–Trinajstić information content (AvgIpc) is 2.46. The summed E-state index contributed by atoms with van der Waals surface area (Å²) in [6.45, 7) is 0. The van der Waals surface area contributed by atoms with Crippen molar-refractivity contribution in [2.24, 2.45) is 0 Å². The molecular formula is C9H6Br2N2O. The zero-order valence-electron chi connectivity index (χ0n) is 7.00. The highest BCUT2D eigenvalue weighted by molar-refractivity contribution is 9.10. The molecule has 0 spiro atoms. The van der Waals surface area contributed by atoms with Gasteiger partial charge in [-0.25, -0.2) is 4.79 Å². The summed E-state index contributed by atoms with van der Waals surface area (Å²) in [5.41, 5.74) is 0.660. The minimum absolute atomic E-state index is 0.157. The van der Waals surface area contributed by atoms with Crippen LogP contribution in [-0.2, 0) is 0 Å². The van der Waals surface area contributed by atoms with Crippen molar-refractivity contribution in [3.63, 3.8) is 0 Å². The monoisotopic (exact) mass is 316 g/mol. The highest BCUT2D eigenvalue weighted by Crippen LogP contribution is 2.17. The zero-order chi connectivity index (χ0) is 10.1. The van der Waals surface area contributed by atoms with Crippen LogP contribution in [0.1, 0.15) is 0 Å². The standard InChI is InChI=1S/C9H6Br2N2O/c10-6-2-1-3-7(4-6)13-8(11)5-12-9(13)14/h1-5H,(H,12,14). The molecule has 1 N–H and O–H groups in total. The predicted molar refractivity (Wildman–Crippen MR) is 61.8 cm³/mol. The van der Waals surface area contributed by atoms with Crippen LogP contribution in [0.4, 0.5) is 0 Å². The van der Waals surface area contributed by atoms with Gasteiger partial charge in [-0.15, -0.1) is 0 Å². The smallest absolute Gasteiger partial charge is 0.311 e. The molecule has 0 aliphatic heterocycles. The van der Waals surface area contributed by atoms with Gasteiger partial charge in [-0.05, 0) is 34.1 Å². The van der Waals surface area contributed by atoms with E-state index in [1.165, 1.54) is 0 Å². The number of imidazole rings is 1. The molecule has 0 atom stereocenters. The molecule has 1 aromatic carbocycles. The van der Waals surface area contributed by atoms with E-state index in [0.29, 0.717) is 4.60 Å². The number of halogens is 2. The lowest BCUT2D eigenvalue weighted by Gasteiger charge is -2.02. The Kier molecular flexibility index (Phi) is 2.60. The average molecular weight is 318 g/mol. The van der Waals surface area contributed by atoms with E-state index >= 15 is 0 Å². The topological polar surface area (TPSA) is 37.8 Å². The van der Waals surface area contributed by atoms with Crippen LogP contribution >= 0.6 is 31.9 Å². The second-order valence-corrected chi connectivity index (χ2v) is 4.46. The summed E-state index contributed by atoms with van der Waals surface area (Å²) in [5, 5.41) is 0. The SMILES string of the molecule is O=c1[nH]cc(Br)n1-c1cccc(Br)c1. The second kappa shape index (κ2) is 3.74. The summed E-state index contributed by atoms with van der Waals surface area (Å²) >= 11 is 6.65. The van der Waals surface area contributed by atoms with E-state index < -0.39 is 0 Å². The maximum Gasteiger partial charge on any atom is 0.331 e. The van der Waals surface area contributed by atoms with Crippen molar-refractivity contribution in [2.75, 3.05) is 0 Å². The van der Waals surface area contributed by atoms with Crippen LogP contribution in [0.3, 0.4) is 0 Å². The third-order valence-electron chi connectivity index (χ3n) is 1.80. The van der Waals surface area contributed by atoms with Crippen molar-refractivity contribution < 1.29 is 0 Å². The van der Waals surface area contributed by atoms with Gasteiger partial charge < -0.3 is 4.98 Å². The number of hydrogen-bond donors (Lipinski definition) is 1. The summed E-state index contributed by atoms with van der Waals surface area (Å²) in [6, 6.07) is 7.53. The summed E-state index contributed by atoms with van der Waals surface area (Å²) in [7, 11) is 0. The van der Waals surface area contributed by atoms with Crippen LogP contribution in [0.5, 0.6) is 0 Å². The van der Waals surface area contributed by atoms with Gasteiger partial charge in [0.05, 0.1) is 5.69 Å². The second-order valence-electron chi connectivity index (χ2n) is 2.73. The van der Waals surface area contributed by atoms with Crippen LogP contribution < -0.4 is 5.69 Å². The van der Waals surface area contributed by atoms with Gasteiger partial charge in [0.15, 0.2) is 0 Å². The van der Waals surface area contributed by atoms with Crippen molar-refractivity contribution in [3.8, 4) is 5.69 Å².